The topological polar surface area (TPSA) is 92.7 Å². The lowest BCUT2D eigenvalue weighted by atomic mass is 10.1. The Labute approximate surface area is 190 Å². The van der Waals surface area contributed by atoms with Gasteiger partial charge in [-0.15, -0.1) is 10.2 Å². The highest BCUT2D eigenvalue weighted by Crippen LogP contribution is 2.21. The van der Waals surface area contributed by atoms with Gasteiger partial charge in [-0.05, 0) is 31.2 Å². The van der Waals surface area contributed by atoms with Gasteiger partial charge in [0.2, 0.25) is 17.7 Å². The molecule has 4 aromatic rings. The molecule has 2 aromatic carbocycles. The monoisotopic (exact) mass is 444 g/mol. The van der Waals surface area contributed by atoms with Crippen molar-refractivity contribution in [1.82, 2.24) is 20.0 Å². The Morgan fingerprint density at radius 1 is 0.909 bits per heavy atom. The minimum atomic E-state index is -0.146. The predicted octanol–water partition coefficient (Wildman–Crippen LogP) is 3.71. The van der Waals surface area contributed by atoms with Crippen LogP contribution in [-0.4, -0.2) is 58.0 Å². The molecule has 0 N–H and O–H groups in total. The van der Waals surface area contributed by atoms with Crippen LogP contribution < -0.4 is 0 Å². The van der Waals surface area contributed by atoms with Crippen LogP contribution in [0.4, 0.5) is 0 Å². The van der Waals surface area contributed by atoms with E-state index in [9.17, 15) is 9.59 Å². The predicted molar refractivity (Wildman–Crippen MR) is 121 cm³/mol. The van der Waals surface area contributed by atoms with Crippen LogP contribution in [0, 0.1) is 6.92 Å². The first-order valence-electron chi connectivity index (χ1n) is 11.0. The van der Waals surface area contributed by atoms with Crippen LogP contribution in [0.5, 0.6) is 0 Å². The lowest BCUT2D eigenvalue weighted by Gasteiger charge is -2.34. The first-order chi connectivity index (χ1) is 16.1. The Hall–Kier alpha value is -3.94. The summed E-state index contributed by atoms with van der Waals surface area (Å²) in [6, 6.07) is 17.2. The van der Waals surface area contributed by atoms with Crippen LogP contribution in [-0.2, 0) is 11.2 Å². The minimum absolute atomic E-state index is 0.0147. The molecule has 1 aliphatic heterocycles. The molecule has 1 saturated heterocycles. The highest BCUT2D eigenvalue weighted by Gasteiger charge is 2.26. The summed E-state index contributed by atoms with van der Waals surface area (Å²) in [5, 5.41) is 9.06. The second-order valence-electron chi connectivity index (χ2n) is 8.19. The number of fused-ring (bicyclic) bond motifs is 1. The average molecular weight is 444 g/mol. The van der Waals surface area contributed by atoms with E-state index in [0.29, 0.717) is 55.7 Å². The number of amides is 2. The fraction of sp³-hybridized carbons (Fsp3) is 0.280. The number of carbonyl (C=O) groups excluding carboxylic acids is 2. The van der Waals surface area contributed by atoms with Gasteiger partial charge in [0.1, 0.15) is 5.58 Å². The SMILES string of the molecule is Cc1ccc(-c2nnc(CCC(=O)N3CCN(C(=O)c4cc5ccccc5o4)CC3)o2)cc1. The van der Waals surface area contributed by atoms with Gasteiger partial charge in [-0.2, -0.15) is 0 Å². The van der Waals surface area contributed by atoms with E-state index in [4.69, 9.17) is 8.83 Å². The van der Waals surface area contributed by atoms with Gasteiger partial charge in [-0.3, -0.25) is 9.59 Å². The molecular formula is C25H24N4O4. The Bertz CT molecular complexity index is 1250. The number of benzene rings is 2. The van der Waals surface area contributed by atoms with Gasteiger partial charge in [0.25, 0.3) is 5.91 Å². The number of aryl methyl sites for hydroxylation is 2. The smallest absolute Gasteiger partial charge is 0.289 e. The van der Waals surface area contributed by atoms with Crippen LogP contribution >= 0.6 is 0 Å². The zero-order valence-corrected chi connectivity index (χ0v) is 18.4. The third kappa shape index (κ3) is 4.50. The van der Waals surface area contributed by atoms with Crippen LogP contribution in [0.25, 0.3) is 22.4 Å². The number of furan rings is 1. The molecule has 33 heavy (non-hydrogen) atoms. The number of rotatable bonds is 5. The van der Waals surface area contributed by atoms with Gasteiger partial charge in [0.05, 0.1) is 0 Å². The third-order valence-electron chi connectivity index (χ3n) is 5.87. The van der Waals surface area contributed by atoms with E-state index < -0.39 is 0 Å². The molecule has 0 atom stereocenters. The second kappa shape index (κ2) is 8.90. The van der Waals surface area contributed by atoms with Crippen molar-refractivity contribution in [2.45, 2.75) is 19.8 Å². The maximum absolute atomic E-state index is 12.8. The van der Waals surface area contributed by atoms with E-state index >= 15 is 0 Å². The van der Waals surface area contributed by atoms with Crippen molar-refractivity contribution in [2.24, 2.45) is 0 Å². The number of hydrogen-bond acceptors (Lipinski definition) is 6. The molecule has 3 heterocycles. The van der Waals surface area contributed by atoms with Crippen molar-refractivity contribution in [3.63, 3.8) is 0 Å². The molecule has 0 aliphatic carbocycles. The number of hydrogen-bond donors (Lipinski definition) is 0. The maximum Gasteiger partial charge on any atom is 0.289 e. The summed E-state index contributed by atoms with van der Waals surface area (Å²) in [6.07, 6.45) is 0.670. The molecule has 8 heteroatoms. The molecule has 0 unspecified atom stereocenters. The Kier molecular flexibility index (Phi) is 5.64. The van der Waals surface area contributed by atoms with Gasteiger partial charge >= 0.3 is 0 Å². The summed E-state index contributed by atoms with van der Waals surface area (Å²) in [4.78, 5) is 29.0. The van der Waals surface area contributed by atoms with E-state index in [1.165, 1.54) is 0 Å². The number of carbonyl (C=O) groups is 2. The van der Waals surface area contributed by atoms with E-state index in [0.717, 1.165) is 16.5 Å². The normalized spacial score (nSPS) is 14.1. The van der Waals surface area contributed by atoms with Crippen molar-refractivity contribution >= 4 is 22.8 Å². The highest BCUT2D eigenvalue weighted by molar-refractivity contribution is 5.96. The average Bonchev–Trinajstić information content (AvgIpc) is 3.50. The fourth-order valence-electron chi connectivity index (χ4n) is 3.94. The van der Waals surface area contributed by atoms with Crippen LogP contribution in [0.15, 0.2) is 63.4 Å². The van der Waals surface area contributed by atoms with E-state index in [2.05, 4.69) is 10.2 Å². The number of aromatic nitrogens is 2. The summed E-state index contributed by atoms with van der Waals surface area (Å²) < 4.78 is 11.4. The molecular weight excluding hydrogens is 420 g/mol. The highest BCUT2D eigenvalue weighted by atomic mass is 16.4. The quantitative estimate of drug-likeness (QED) is 0.466. The first kappa shape index (κ1) is 20.9. The van der Waals surface area contributed by atoms with E-state index in [1.54, 1.807) is 15.9 Å². The summed E-state index contributed by atoms with van der Waals surface area (Å²) in [5.74, 6) is 1.10. The van der Waals surface area contributed by atoms with Gasteiger partial charge < -0.3 is 18.6 Å². The van der Waals surface area contributed by atoms with E-state index in [-0.39, 0.29) is 18.2 Å². The van der Waals surface area contributed by atoms with Gasteiger partial charge in [-0.1, -0.05) is 35.9 Å². The zero-order chi connectivity index (χ0) is 22.8. The number of nitrogens with zero attached hydrogens (tertiary/aromatic N) is 4. The molecule has 2 aromatic heterocycles. The second-order valence-corrected chi connectivity index (χ2v) is 8.19. The largest absolute Gasteiger partial charge is 0.451 e. The Morgan fingerprint density at radius 3 is 2.39 bits per heavy atom. The van der Waals surface area contributed by atoms with Crippen molar-refractivity contribution < 1.29 is 18.4 Å². The van der Waals surface area contributed by atoms with Crippen molar-refractivity contribution in [3.05, 3.63) is 71.8 Å². The maximum atomic E-state index is 12.8. The van der Waals surface area contributed by atoms with Crippen molar-refractivity contribution in [3.8, 4) is 11.5 Å². The van der Waals surface area contributed by atoms with Gasteiger partial charge in [0.15, 0.2) is 5.76 Å². The zero-order valence-electron chi connectivity index (χ0n) is 18.4. The molecule has 0 spiro atoms. The summed E-state index contributed by atoms with van der Waals surface area (Å²) in [6.45, 7) is 3.94. The van der Waals surface area contributed by atoms with E-state index in [1.807, 2.05) is 55.5 Å². The molecule has 0 bridgehead atoms. The Morgan fingerprint density at radius 2 is 1.64 bits per heavy atom. The molecule has 0 radical (unpaired) electrons. The summed E-state index contributed by atoms with van der Waals surface area (Å²) in [5.41, 5.74) is 2.71. The molecule has 2 amide bonds. The molecule has 1 fully saturated rings. The van der Waals surface area contributed by atoms with Crippen LogP contribution in [0.2, 0.25) is 0 Å². The van der Waals surface area contributed by atoms with Crippen LogP contribution in [0.1, 0.15) is 28.4 Å². The van der Waals surface area contributed by atoms with Crippen molar-refractivity contribution in [2.75, 3.05) is 26.2 Å². The Balaban J connectivity index is 1.13. The molecule has 0 saturated carbocycles. The number of piperazine rings is 1. The summed E-state index contributed by atoms with van der Waals surface area (Å²) in [7, 11) is 0. The molecule has 5 rings (SSSR count). The van der Waals surface area contributed by atoms with Crippen molar-refractivity contribution in [1.29, 1.82) is 0 Å². The lowest BCUT2D eigenvalue weighted by molar-refractivity contribution is -0.132. The van der Waals surface area contributed by atoms with Gasteiger partial charge in [0, 0.05) is 50.0 Å². The third-order valence-corrected chi connectivity index (χ3v) is 5.87. The standard InChI is InChI=1S/C25H24N4O4/c1-17-6-8-18(9-7-17)24-27-26-22(33-24)10-11-23(30)28-12-14-29(15-13-28)25(31)21-16-19-4-2-3-5-20(19)32-21/h2-9,16H,10-15H2,1H3. The number of para-hydroxylation sites is 1. The van der Waals surface area contributed by atoms with Gasteiger partial charge in [-0.25, -0.2) is 0 Å². The van der Waals surface area contributed by atoms with Crippen LogP contribution in [0.3, 0.4) is 0 Å². The first-order valence-corrected chi connectivity index (χ1v) is 11.0. The molecule has 168 valence electrons. The fourth-order valence-corrected chi connectivity index (χ4v) is 3.94. The summed E-state index contributed by atoms with van der Waals surface area (Å²) >= 11 is 0. The molecule has 1 aliphatic rings. The minimum Gasteiger partial charge on any atom is -0.451 e. The molecule has 8 nitrogen and oxygen atoms in total. The lowest BCUT2D eigenvalue weighted by Crippen LogP contribution is -2.50.